The monoisotopic (exact) mass is 472 g/mol. The molecule has 0 saturated heterocycles. The second-order valence-electron chi connectivity index (χ2n) is 6.10. The number of hydrogen-bond acceptors (Lipinski definition) is 4. The minimum Gasteiger partial charge on any atom is -0.489 e. The Balaban J connectivity index is 0.00000338. The number of benzene rings is 1. The van der Waals surface area contributed by atoms with E-state index in [0.717, 1.165) is 24.1 Å². The molecular weight excluding hydrogens is 443 g/mol. The maximum Gasteiger partial charge on any atom is 0.194 e. The van der Waals surface area contributed by atoms with Crippen molar-refractivity contribution >= 4 is 29.9 Å². The number of ether oxygens (including phenoxy) is 1. The average molecular weight is 472 g/mol. The van der Waals surface area contributed by atoms with E-state index in [4.69, 9.17) is 9.73 Å². The largest absolute Gasteiger partial charge is 0.489 e. The van der Waals surface area contributed by atoms with Crippen molar-refractivity contribution in [2.24, 2.45) is 12.0 Å². The SMILES string of the molecule is CCNC(=NCC(C)Oc1cccc(C)c1)N(C)Cc1ncnn1C.I. The summed E-state index contributed by atoms with van der Waals surface area (Å²) in [5.74, 6) is 2.59. The molecule has 8 heteroatoms. The summed E-state index contributed by atoms with van der Waals surface area (Å²) >= 11 is 0. The van der Waals surface area contributed by atoms with Crippen LogP contribution in [0.3, 0.4) is 0 Å². The maximum absolute atomic E-state index is 5.95. The summed E-state index contributed by atoms with van der Waals surface area (Å²) in [6, 6.07) is 8.06. The molecule has 1 N–H and O–H groups in total. The quantitative estimate of drug-likeness (QED) is 0.381. The van der Waals surface area contributed by atoms with Gasteiger partial charge in [0, 0.05) is 20.6 Å². The molecule has 7 nitrogen and oxygen atoms in total. The molecule has 0 aliphatic carbocycles. The first-order valence-electron chi connectivity index (χ1n) is 8.55. The Labute approximate surface area is 172 Å². The molecule has 0 fully saturated rings. The highest BCUT2D eigenvalue weighted by Crippen LogP contribution is 2.14. The number of rotatable bonds is 7. The molecule has 0 radical (unpaired) electrons. The van der Waals surface area contributed by atoms with E-state index in [-0.39, 0.29) is 30.1 Å². The van der Waals surface area contributed by atoms with Crippen molar-refractivity contribution in [3.63, 3.8) is 0 Å². The van der Waals surface area contributed by atoms with E-state index < -0.39 is 0 Å². The van der Waals surface area contributed by atoms with Crippen LogP contribution in [0.2, 0.25) is 0 Å². The zero-order valence-electron chi connectivity index (χ0n) is 16.1. The van der Waals surface area contributed by atoms with Crippen LogP contribution in [0.25, 0.3) is 0 Å². The Kier molecular flexibility index (Phi) is 9.39. The Hall–Kier alpha value is -1.84. The predicted octanol–water partition coefficient (Wildman–Crippen LogP) is 2.61. The molecule has 0 amide bonds. The molecule has 0 aliphatic heterocycles. The minimum absolute atomic E-state index is 0. The van der Waals surface area contributed by atoms with Gasteiger partial charge in [-0.05, 0) is 38.5 Å². The Bertz CT molecular complexity index is 702. The second-order valence-corrected chi connectivity index (χ2v) is 6.10. The standard InChI is InChI=1S/C18H28N6O.HI/c1-6-19-18(23(4)12-17-21-13-22-24(17)5)20-11-15(3)25-16-9-7-8-14(2)10-16;/h7-10,13,15H,6,11-12H2,1-5H3,(H,19,20);1H. The summed E-state index contributed by atoms with van der Waals surface area (Å²) in [7, 11) is 3.88. The molecule has 1 aromatic heterocycles. The third-order valence-electron chi connectivity index (χ3n) is 3.71. The van der Waals surface area contributed by atoms with E-state index in [1.54, 1.807) is 11.0 Å². The topological polar surface area (TPSA) is 67.6 Å². The molecule has 0 bridgehead atoms. The smallest absolute Gasteiger partial charge is 0.194 e. The number of halogens is 1. The molecule has 144 valence electrons. The third kappa shape index (κ3) is 6.81. The van der Waals surface area contributed by atoms with Crippen LogP contribution in [-0.2, 0) is 13.6 Å². The van der Waals surface area contributed by atoms with E-state index >= 15 is 0 Å². The van der Waals surface area contributed by atoms with Gasteiger partial charge >= 0.3 is 0 Å². The summed E-state index contributed by atoms with van der Waals surface area (Å²) in [6.45, 7) is 8.14. The molecule has 1 heterocycles. The summed E-state index contributed by atoms with van der Waals surface area (Å²) < 4.78 is 7.72. The van der Waals surface area contributed by atoms with Crippen LogP contribution in [0.5, 0.6) is 5.75 Å². The Morgan fingerprint density at radius 2 is 2.19 bits per heavy atom. The number of aromatic nitrogens is 3. The molecule has 2 rings (SSSR count). The van der Waals surface area contributed by atoms with E-state index in [9.17, 15) is 0 Å². The van der Waals surface area contributed by atoms with Crippen LogP contribution in [0.4, 0.5) is 0 Å². The van der Waals surface area contributed by atoms with Crippen molar-refractivity contribution in [3.8, 4) is 5.75 Å². The summed E-state index contributed by atoms with van der Waals surface area (Å²) in [5.41, 5.74) is 1.19. The number of nitrogens with zero attached hydrogens (tertiary/aromatic N) is 5. The summed E-state index contributed by atoms with van der Waals surface area (Å²) in [6.07, 6.45) is 1.55. The highest BCUT2D eigenvalue weighted by Gasteiger charge is 2.11. The van der Waals surface area contributed by atoms with Gasteiger partial charge in [-0.25, -0.2) is 9.98 Å². The first kappa shape index (κ1) is 22.2. The molecule has 1 aromatic carbocycles. The zero-order valence-corrected chi connectivity index (χ0v) is 18.5. The molecule has 0 aliphatic rings. The zero-order chi connectivity index (χ0) is 18.2. The van der Waals surface area contributed by atoms with Crippen LogP contribution >= 0.6 is 24.0 Å². The molecule has 1 unspecified atom stereocenters. The van der Waals surface area contributed by atoms with E-state index in [1.165, 1.54) is 5.56 Å². The molecule has 0 spiro atoms. The van der Waals surface area contributed by atoms with Crippen LogP contribution in [0, 0.1) is 6.92 Å². The van der Waals surface area contributed by atoms with Gasteiger partial charge < -0.3 is 15.0 Å². The highest BCUT2D eigenvalue weighted by molar-refractivity contribution is 14.0. The highest BCUT2D eigenvalue weighted by atomic mass is 127. The molecular formula is C18H29IN6O. The van der Waals surface area contributed by atoms with Gasteiger partial charge in [0.2, 0.25) is 0 Å². The lowest BCUT2D eigenvalue weighted by Gasteiger charge is -2.22. The third-order valence-corrected chi connectivity index (χ3v) is 3.71. The summed E-state index contributed by atoms with van der Waals surface area (Å²) in [4.78, 5) is 11.0. The predicted molar refractivity (Wildman–Crippen MR) is 115 cm³/mol. The van der Waals surface area contributed by atoms with Crippen molar-refractivity contribution in [3.05, 3.63) is 42.0 Å². The van der Waals surface area contributed by atoms with Gasteiger partial charge in [0.1, 0.15) is 24.0 Å². The second kappa shape index (κ2) is 11.0. The van der Waals surface area contributed by atoms with Crippen molar-refractivity contribution in [2.45, 2.75) is 33.4 Å². The molecule has 0 saturated carbocycles. The van der Waals surface area contributed by atoms with Gasteiger partial charge in [-0.2, -0.15) is 5.10 Å². The fraction of sp³-hybridized carbons (Fsp3) is 0.500. The van der Waals surface area contributed by atoms with Crippen molar-refractivity contribution < 1.29 is 4.74 Å². The first-order chi connectivity index (χ1) is 12.0. The van der Waals surface area contributed by atoms with Crippen LogP contribution in [-0.4, -0.2) is 51.9 Å². The fourth-order valence-electron chi connectivity index (χ4n) is 2.39. The number of guanidine groups is 1. The Morgan fingerprint density at radius 1 is 1.42 bits per heavy atom. The Morgan fingerprint density at radius 3 is 2.81 bits per heavy atom. The molecule has 1 atom stereocenters. The van der Waals surface area contributed by atoms with Gasteiger partial charge in [0.05, 0.1) is 13.1 Å². The fourth-order valence-corrected chi connectivity index (χ4v) is 2.39. The summed E-state index contributed by atoms with van der Waals surface area (Å²) in [5, 5.41) is 7.41. The van der Waals surface area contributed by atoms with E-state index in [1.807, 2.05) is 44.1 Å². The number of aryl methyl sites for hydroxylation is 2. The van der Waals surface area contributed by atoms with Gasteiger partial charge in [-0.15, -0.1) is 24.0 Å². The lowest BCUT2D eigenvalue weighted by atomic mass is 10.2. The van der Waals surface area contributed by atoms with Crippen molar-refractivity contribution in [2.75, 3.05) is 20.1 Å². The maximum atomic E-state index is 5.95. The van der Waals surface area contributed by atoms with Crippen LogP contribution in [0.15, 0.2) is 35.6 Å². The number of hydrogen-bond donors (Lipinski definition) is 1. The lowest BCUT2D eigenvalue weighted by molar-refractivity contribution is 0.229. The number of aliphatic imine (C=N–C) groups is 1. The van der Waals surface area contributed by atoms with Crippen molar-refractivity contribution in [1.82, 2.24) is 25.0 Å². The van der Waals surface area contributed by atoms with Crippen LogP contribution in [0.1, 0.15) is 25.2 Å². The van der Waals surface area contributed by atoms with Crippen molar-refractivity contribution in [1.29, 1.82) is 0 Å². The van der Waals surface area contributed by atoms with Gasteiger partial charge in [0.25, 0.3) is 0 Å². The minimum atomic E-state index is -0.0151. The van der Waals surface area contributed by atoms with Gasteiger partial charge in [-0.1, -0.05) is 12.1 Å². The van der Waals surface area contributed by atoms with E-state index in [0.29, 0.717) is 13.1 Å². The lowest BCUT2D eigenvalue weighted by Crippen LogP contribution is -2.39. The number of nitrogens with one attached hydrogen (secondary N) is 1. The molecule has 26 heavy (non-hydrogen) atoms. The normalized spacial score (nSPS) is 12.3. The first-order valence-corrected chi connectivity index (χ1v) is 8.55. The van der Waals surface area contributed by atoms with Gasteiger partial charge in [-0.3, -0.25) is 4.68 Å². The van der Waals surface area contributed by atoms with E-state index in [2.05, 4.69) is 35.3 Å². The average Bonchev–Trinajstić information content (AvgIpc) is 2.96. The van der Waals surface area contributed by atoms with Crippen LogP contribution < -0.4 is 10.1 Å². The van der Waals surface area contributed by atoms with Gasteiger partial charge in [0.15, 0.2) is 5.96 Å². The molecule has 2 aromatic rings.